The SMILES string of the molecule is CC(C)S(=O)(=O)Cc1ccc(C(=O)Cc2ccc(NS(C)(=O)=O)cc2)cc1. The molecule has 0 saturated heterocycles. The highest BCUT2D eigenvalue weighted by Gasteiger charge is 2.17. The van der Waals surface area contributed by atoms with Gasteiger partial charge in [0.05, 0.1) is 17.3 Å². The number of benzene rings is 2. The lowest BCUT2D eigenvalue weighted by atomic mass is 10.0. The van der Waals surface area contributed by atoms with Crippen molar-refractivity contribution in [2.75, 3.05) is 11.0 Å². The second kappa shape index (κ2) is 8.22. The van der Waals surface area contributed by atoms with E-state index in [1.807, 2.05) is 0 Å². The number of hydrogen-bond donors (Lipinski definition) is 1. The third kappa shape index (κ3) is 6.48. The lowest BCUT2D eigenvalue weighted by Gasteiger charge is -2.08. The highest BCUT2D eigenvalue weighted by atomic mass is 32.2. The fraction of sp³-hybridized carbons (Fsp3) is 0.316. The molecule has 0 unspecified atom stereocenters. The summed E-state index contributed by atoms with van der Waals surface area (Å²) in [4.78, 5) is 12.4. The number of ketones is 1. The van der Waals surface area contributed by atoms with E-state index in [-0.39, 0.29) is 18.0 Å². The van der Waals surface area contributed by atoms with E-state index >= 15 is 0 Å². The van der Waals surface area contributed by atoms with Gasteiger partial charge in [0.25, 0.3) is 0 Å². The van der Waals surface area contributed by atoms with Crippen molar-refractivity contribution in [1.82, 2.24) is 0 Å². The van der Waals surface area contributed by atoms with Gasteiger partial charge in [-0.05, 0) is 37.1 Å². The molecule has 0 bridgehead atoms. The van der Waals surface area contributed by atoms with Gasteiger partial charge in [0.1, 0.15) is 0 Å². The quantitative estimate of drug-likeness (QED) is 0.676. The number of sulfone groups is 1. The number of Topliss-reactive ketones (excluding diaryl/α,β-unsaturated/α-hetero) is 1. The molecule has 2 aromatic carbocycles. The van der Waals surface area contributed by atoms with Crippen LogP contribution in [0.3, 0.4) is 0 Å². The van der Waals surface area contributed by atoms with Crippen LogP contribution in [0.25, 0.3) is 0 Å². The molecule has 146 valence electrons. The molecule has 0 heterocycles. The monoisotopic (exact) mass is 409 g/mol. The summed E-state index contributed by atoms with van der Waals surface area (Å²) < 4.78 is 48.7. The minimum absolute atomic E-state index is 0.0477. The average molecular weight is 410 g/mol. The molecule has 27 heavy (non-hydrogen) atoms. The summed E-state index contributed by atoms with van der Waals surface area (Å²) in [6, 6.07) is 13.2. The molecule has 0 aliphatic carbocycles. The molecule has 6 nitrogen and oxygen atoms in total. The van der Waals surface area contributed by atoms with Crippen molar-refractivity contribution in [3.63, 3.8) is 0 Å². The van der Waals surface area contributed by atoms with Crippen LogP contribution >= 0.6 is 0 Å². The normalized spacial score (nSPS) is 12.1. The van der Waals surface area contributed by atoms with Crippen molar-refractivity contribution in [3.05, 3.63) is 65.2 Å². The van der Waals surface area contributed by atoms with Gasteiger partial charge in [-0.2, -0.15) is 0 Å². The van der Waals surface area contributed by atoms with E-state index in [4.69, 9.17) is 0 Å². The predicted molar refractivity (Wildman–Crippen MR) is 107 cm³/mol. The van der Waals surface area contributed by atoms with Gasteiger partial charge in [0.2, 0.25) is 10.0 Å². The molecule has 0 amide bonds. The molecule has 0 fully saturated rings. The van der Waals surface area contributed by atoms with Crippen LogP contribution in [0.15, 0.2) is 48.5 Å². The lowest BCUT2D eigenvalue weighted by molar-refractivity contribution is 0.0993. The van der Waals surface area contributed by atoms with Crippen LogP contribution in [-0.2, 0) is 32.0 Å². The Kier molecular flexibility index (Phi) is 6.43. The van der Waals surface area contributed by atoms with Crippen LogP contribution < -0.4 is 4.72 Å². The number of anilines is 1. The second-order valence-electron chi connectivity index (χ2n) is 6.72. The first-order valence-corrected chi connectivity index (χ1v) is 12.0. The maximum atomic E-state index is 12.4. The van der Waals surface area contributed by atoms with Gasteiger partial charge >= 0.3 is 0 Å². The Morgan fingerprint density at radius 2 is 1.41 bits per heavy atom. The highest BCUT2D eigenvalue weighted by molar-refractivity contribution is 7.92. The topological polar surface area (TPSA) is 97.4 Å². The van der Waals surface area contributed by atoms with E-state index in [1.54, 1.807) is 62.4 Å². The molecule has 0 spiro atoms. The molecular weight excluding hydrogens is 386 g/mol. The molecule has 2 aromatic rings. The molecule has 0 radical (unpaired) electrons. The summed E-state index contributed by atoms with van der Waals surface area (Å²) in [7, 11) is -6.52. The zero-order valence-corrected chi connectivity index (χ0v) is 17.1. The minimum atomic E-state index is -3.34. The van der Waals surface area contributed by atoms with Gasteiger partial charge in [-0.25, -0.2) is 16.8 Å². The van der Waals surface area contributed by atoms with E-state index in [2.05, 4.69) is 4.72 Å². The van der Waals surface area contributed by atoms with Crippen LogP contribution in [0, 0.1) is 0 Å². The van der Waals surface area contributed by atoms with Gasteiger partial charge in [0, 0.05) is 17.7 Å². The van der Waals surface area contributed by atoms with Crippen LogP contribution in [0.1, 0.15) is 35.3 Å². The Bertz CT molecular complexity index is 1010. The van der Waals surface area contributed by atoms with Gasteiger partial charge in [-0.1, -0.05) is 36.4 Å². The minimum Gasteiger partial charge on any atom is -0.294 e. The third-order valence-corrected chi connectivity index (χ3v) is 6.76. The van der Waals surface area contributed by atoms with Crippen molar-refractivity contribution in [2.24, 2.45) is 0 Å². The number of sulfonamides is 1. The van der Waals surface area contributed by atoms with Crippen LogP contribution in [0.5, 0.6) is 0 Å². The first-order valence-electron chi connectivity index (χ1n) is 8.37. The summed E-state index contributed by atoms with van der Waals surface area (Å²) >= 11 is 0. The van der Waals surface area contributed by atoms with Crippen molar-refractivity contribution in [2.45, 2.75) is 31.3 Å². The largest absolute Gasteiger partial charge is 0.294 e. The number of hydrogen-bond acceptors (Lipinski definition) is 5. The summed E-state index contributed by atoms with van der Waals surface area (Å²) in [6.07, 6.45) is 1.24. The fourth-order valence-electron chi connectivity index (χ4n) is 2.38. The number of carbonyl (C=O) groups is 1. The average Bonchev–Trinajstić information content (AvgIpc) is 2.55. The molecule has 8 heteroatoms. The van der Waals surface area contributed by atoms with E-state index in [0.717, 1.165) is 11.8 Å². The van der Waals surface area contributed by atoms with Gasteiger partial charge in [-0.3, -0.25) is 9.52 Å². The van der Waals surface area contributed by atoms with Crippen LogP contribution in [-0.4, -0.2) is 34.1 Å². The summed E-state index contributed by atoms with van der Waals surface area (Å²) in [5.41, 5.74) is 2.34. The first kappa shape index (κ1) is 21.1. The summed E-state index contributed by atoms with van der Waals surface area (Å²) in [5.74, 6) is -0.148. The maximum absolute atomic E-state index is 12.4. The van der Waals surface area contributed by atoms with Gasteiger partial charge in [-0.15, -0.1) is 0 Å². The molecule has 2 rings (SSSR count). The summed E-state index contributed by atoms with van der Waals surface area (Å²) in [6.45, 7) is 3.29. The number of nitrogens with one attached hydrogen (secondary N) is 1. The molecule has 0 aromatic heterocycles. The highest BCUT2D eigenvalue weighted by Crippen LogP contribution is 2.15. The van der Waals surface area contributed by atoms with E-state index in [0.29, 0.717) is 16.8 Å². The van der Waals surface area contributed by atoms with Crippen molar-refractivity contribution < 1.29 is 21.6 Å². The summed E-state index contributed by atoms with van der Waals surface area (Å²) in [5, 5.41) is -0.445. The molecular formula is C19H23NO5S2. The zero-order valence-electron chi connectivity index (χ0n) is 15.5. The molecule has 1 N–H and O–H groups in total. The predicted octanol–water partition coefficient (Wildman–Crippen LogP) is 2.81. The number of carbonyl (C=O) groups excluding carboxylic acids is 1. The van der Waals surface area contributed by atoms with Crippen molar-refractivity contribution in [3.8, 4) is 0 Å². The van der Waals surface area contributed by atoms with E-state index in [9.17, 15) is 21.6 Å². The van der Waals surface area contributed by atoms with Crippen LogP contribution in [0.2, 0.25) is 0 Å². The second-order valence-corrected chi connectivity index (χ2v) is 11.0. The Morgan fingerprint density at radius 1 is 0.889 bits per heavy atom. The third-order valence-electron chi connectivity index (χ3n) is 3.98. The Morgan fingerprint density at radius 3 is 1.89 bits per heavy atom. The Hall–Kier alpha value is -2.19. The fourth-order valence-corrected chi connectivity index (χ4v) is 3.93. The standard InChI is InChI=1S/C19H23NO5S2/c1-14(2)27(24,25)13-16-4-8-17(9-5-16)19(21)12-15-6-10-18(11-7-15)20-26(3,22)23/h4-11,14,20H,12-13H2,1-3H3. The lowest BCUT2D eigenvalue weighted by Crippen LogP contribution is -2.16. The Balaban J connectivity index is 2.04. The van der Waals surface area contributed by atoms with Gasteiger partial charge < -0.3 is 0 Å². The van der Waals surface area contributed by atoms with E-state index in [1.165, 1.54) is 0 Å². The number of rotatable bonds is 8. The first-order chi connectivity index (χ1) is 12.5. The van der Waals surface area contributed by atoms with Crippen molar-refractivity contribution >= 4 is 31.3 Å². The van der Waals surface area contributed by atoms with Gasteiger partial charge in [0.15, 0.2) is 15.6 Å². The zero-order chi connectivity index (χ0) is 20.2. The van der Waals surface area contributed by atoms with Crippen molar-refractivity contribution in [1.29, 1.82) is 0 Å². The molecule has 0 aliphatic heterocycles. The van der Waals surface area contributed by atoms with E-state index < -0.39 is 25.1 Å². The Labute approximate surface area is 160 Å². The van der Waals surface area contributed by atoms with Crippen LogP contribution in [0.4, 0.5) is 5.69 Å². The smallest absolute Gasteiger partial charge is 0.229 e. The maximum Gasteiger partial charge on any atom is 0.229 e. The molecule has 0 atom stereocenters. The molecule has 0 saturated carbocycles. The molecule has 0 aliphatic rings.